The number of likely N-dealkylation sites (tertiary alicyclic amines) is 1. The first kappa shape index (κ1) is 15.1. The van der Waals surface area contributed by atoms with Crippen LogP contribution in [0.2, 0.25) is 0 Å². The number of piperidine rings is 1. The van der Waals surface area contributed by atoms with Crippen molar-refractivity contribution in [3.8, 4) is 5.75 Å². The zero-order chi connectivity index (χ0) is 15.2. The number of aromatic amines is 1. The summed E-state index contributed by atoms with van der Waals surface area (Å²) in [5.74, 6) is 0.798. The molecule has 1 aromatic carbocycles. The third kappa shape index (κ3) is 3.87. The average molecular weight is 301 g/mol. The summed E-state index contributed by atoms with van der Waals surface area (Å²) in [4.78, 5) is 2.34. The van der Waals surface area contributed by atoms with Gasteiger partial charge in [-0.1, -0.05) is 24.6 Å². The van der Waals surface area contributed by atoms with Crippen LogP contribution in [0.5, 0.6) is 5.75 Å². The number of aromatic nitrogens is 2. The molecule has 2 unspecified atom stereocenters. The first-order chi connectivity index (χ1) is 10.8. The fraction of sp³-hybridized carbons (Fsp3) is 0.471. The van der Waals surface area contributed by atoms with Gasteiger partial charge in [0.2, 0.25) is 0 Å². The fourth-order valence-electron chi connectivity index (χ4n) is 3.06. The SMILES string of the molecule is OC(COc1ccccc1)CN1CCCCC1c1cn[nH]c1. The topological polar surface area (TPSA) is 61.4 Å². The Labute approximate surface area is 130 Å². The molecule has 0 amide bonds. The van der Waals surface area contributed by atoms with Crippen LogP contribution in [0.4, 0.5) is 0 Å². The molecule has 0 spiro atoms. The summed E-state index contributed by atoms with van der Waals surface area (Å²) in [6.07, 6.45) is 6.87. The van der Waals surface area contributed by atoms with Gasteiger partial charge in [-0.2, -0.15) is 5.10 Å². The van der Waals surface area contributed by atoms with Crippen molar-refractivity contribution >= 4 is 0 Å². The molecule has 0 saturated carbocycles. The molecule has 2 heterocycles. The van der Waals surface area contributed by atoms with E-state index < -0.39 is 6.10 Å². The second-order valence-electron chi connectivity index (χ2n) is 5.82. The van der Waals surface area contributed by atoms with E-state index in [4.69, 9.17) is 4.74 Å². The van der Waals surface area contributed by atoms with Crippen molar-refractivity contribution in [1.29, 1.82) is 0 Å². The smallest absolute Gasteiger partial charge is 0.119 e. The van der Waals surface area contributed by atoms with Gasteiger partial charge in [0.1, 0.15) is 18.5 Å². The van der Waals surface area contributed by atoms with E-state index >= 15 is 0 Å². The lowest BCUT2D eigenvalue weighted by Gasteiger charge is -2.36. The Morgan fingerprint density at radius 3 is 2.95 bits per heavy atom. The van der Waals surface area contributed by atoms with Gasteiger partial charge in [0.05, 0.1) is 6.20 Å². The summed E-state index contributed by atoms with van der Waals surface area (Å²) in [5.41, 5.74) is 1.20. The lowest BCUT2D eigenvalue weighted by Crippen LogP contribution is -2.40. The Bertz CT molecular complexity index is 544. The highest BCUT2D eigenvalue weighted by Crippen LogP contribution is 2.30. The highest BCUT2D eigenvalue weighted by atomic mass is 16.5. The van der Waals surface area contributed by atoms with Crippen LogP contribution >= 0.6 is 0 Å². The van der Waals surface area contributed by atoms with Gasteiger partial charge in [-0.05, 0) is 31.5 Å². The van der Waals surface area contributed by atoms with Gasteiger partial charge in [-0.15, -0.1) is 0 Å². The van der Waals surface area contributed by atoms with Crippen LogP contribution in [0.1, 0.15) is 30.9 Å². The predicted octanol–water partition coefficient (Wildman–Crippen LogP) is 2.38. The maximum absolute atomic E-state index is 10.3. The number of hydrogen-bond donors (Lipinski definition) is 2. The number of nitrogens with zero attached hydrogens (tertiary/aromatic N) is 2. The highest BCUT2D eigenvalue weighted by Gasteiger charge is 2.26. The minimum atomic E-state index is -0.493. The molecule has 5 nitrogen and oxygen atoms in total. The number of hydrogen-bond acceptors (Lipinski definition) is 4. The van der Waals surface area contributed by atoms with Crippen molar-refractivity contribution in [2.24, 2.45) is 0 Å². The van der Waals surface area contributed by atoms with E-state index in [1.165, 1.54) is 18.4 Å². The van der Waals surface area contributed by atoms with E-state index in [-0.39, 0.29) is 0 Å². The number of H-pyrrole nitrogens is 1. The highest BCUT2D eigenvalue weighted by molar-refractivity contribution is 5.20. The van der Waals surface area contributed by atoms with E-state index in [2.05, 4.69) is 15.1 Å². The minimum absolute atomic E-state index is 0.318. The zero-order valence-electron chi connectivity index (χ0n) is 12.7. The summed E-state index contributed by atoms with van der Waals surface area (Å²) in [5, 5.41) is 17.2. The number of benzene rings is 1. The zero-order valence-corrected chi connectivity index (χ0v) is 12.7. The van der Waals surface area contributed by atoms with Gasteiger partial charge in [-0.25, -0.2) is 0 Å². The molecule has 2 aromatic rings. The van der Waals surface area contributed by atoms with Crippen molar-refractivity contribution in [1.82, 2.24) is 15.1 Å². The number of aliphatic hydroxyl groups excluding tert-OH is 1. The van der Waals surface area contributed by atoms with Crippen LogP contribution in [0.15, 0.2) is 42.7 Å². The van der Waals surface area contributed by atoms with Crippen LogP contribution in [-0.2, 0) is 0 Å². The first-order valence-corrected chi connectivity index (χ1v) is 7.91. The van der Waals surface area contributed by atoms with Crippen LogP contribution in [-0.4, -0.2) is 46.0 Å². The molecular weight excluding hydrogens is 278 g/mol. The number of para-hydroxylation sites is 1. The second kappa shape index (κ2) is 7.42. The molecule has 0 radical (unpaired) electrons. The van der Waals surface area contributed by atoms with Gasteiger partial charge >= 0.3 is 0 Å². The van der Waals surface area contributed by atoms with Crippen molar-refractivity contribution in [3.05, 3.63) is 48.3 Å². The molecule has 3 rings (SSSR count). The van der Waals surface area contributed by atoms with Crippen molar-refractivity contribution in [3.63, 3.8) is 0 Å². The van der Waals surface area contributed by atoms with Gasteiger partial charge < -0.3 is 9.84 Å². The van der Waals surface area contributed by atoms with E-state index in [9.17, 15) is 5.11 Å². The molecule has 1 aliphatic rings. The third-order valence-electron chi connectivity index (χ3n) is 4.15. The number of nitrogens with one attached hydrogen (secondary N) is 1. The normalized spacial score (nSPS) is 20.7. The summed E-state index contributed by atoms with van der Waals surface area (Å²) in [6.45, 7) is 1.96. The second-order valence-corrected chi connectivity index (χ2v) is 5.82. The molecular formula is C17H23N3O2. The van der Waals surface area contributed by atoms with E-state index in [0.29, 0.717) is 19.2 Å². The first-order valence-electron chi connectivity index (χ1n) is 7.91. The Morgan fingerprint density at radius 2 is 2.18 bits per heavy atom. The predicted molar refractivity (Wildman–Crippen MR) is 84.7 cm³/mol. The number of rotatable bonds is 6. The van der Waals surface area contributed by atoms with Gasteiger partial charge in [-0.3, -0.25) is 10.00 Å². The number of aliphatic hydroxyl groups is 1. The maximum atomic E-state index is 10.3. The number of ether oxygens (including phenoxy) is 1. The van der Waals surface area contributed by atoms with E-state index in [1.807, 2.05) is 42.7 Å². The standard InChI is InChI=1S/C17H23N3O2/c21-15(13-22-16-6-2-1-3-7-16)12-20-9-5-4-8-17(20)14-10-18-19-11-14/h1-3,6-7,10-11,15,17,21H,4-5,8-9,12-13H2,(H,18,19). The van der Waals surface area contributed by atoms with Gasteiger partial charge in [0.25, 0.3) is 0 Å². The van der Waals surface area contributed by atoms with Crippen LogP contribution < -0.4 is 4.74 Å². The monoisotopic (exact) mass is 301 g/mol. The van der Waals surface area contributed by atoms with Crippen LogP contribution in [0.25, 0.3) is 0 Å². The van der Waals surface area contributed by atoms with Crippen molar-refractivity contribution in [2.75, 3.05) is 19.7 Å². The van der Waals surface area contributed by atoms with Crippen LogP contribution in [0, 0.1) is 0 Å². The summed E-state index contributed by atoms with van der Waals surface area (Å²) < 4.78 is 5.64. The molecule has 118 valence electrons. The van der Waals surface area contributed by atoms with Gasteiger partial charge in [0, 0.05) is 24.3 Å². The number of β-amino-alcohol motifs (C(OH)–C–C–N with tert-alkyl or cyclic N) is 1. The molecule has 1 saturated heterocycles. The summed E-state index contributed by atoms with van der Waals surface area (Å²) in [7, 11) is 0. The lowest BCUT2D eigenvalue weighted by molar-refractivity contribution is 0.0393. The third-order valence-corrected chi connectivity index (χ3v) is 4.15. The molecule has 1 aliphatic heterocycles. The lowest BCUT2D eigenvalue weighted by atomic mass is 9.97. The molecule has 22 heavy (non-hydrogen) atoms. The Morgan fingerprint density at radius 1 is 1.32 bits per heavy atom. The Kier molecular flexibility index (Phi) is 5.08. The van der Waals surface area contributed by atoms with Crippen molar-refractivity contribution in [2.45, 2.75) is 31.4 Å². The summed E-state index contributed by atoms with van der Waals surface area (Å²) >= 11 is 0. The molecule has 2 atom stereocenters. The van der Waals surface area contributed by atoms with E-state index in [0.717, 1.165) is 18.7 Å². The minimum Gasteiger partial charge on any atom is -0.491 e. The molecule has 1 aromatic heterocycles. The maximum Gasteiger partial charge on any atom is 0.119 e. The Hall–Kier alpha value is -1.85. The molecule has 2 N–H and O–H groups in total. The molecule has 0 aliphatic carbocycles. The average Bonchev–Trinajstić information content (AvgIpc) is 3.09. The molecule has 0 bridgehead atoms. The fourth-order valence-corrected chi connectivity index (χ4v) is 3.06. The van der Waals surface area contributed by atoms with Crippen LogP contribution in [0.3, 0.4) is 0 Å². The molecule has 1 fully saturated rings. The molecule has 5 heteroatoms. The Balaban J connectivity index is 1.54. The van der Waals surface area contributed by atoms with Crippen molar-refractivity contribution < 1.29 is 9.84 Å². The quantitative estimate of drug-likeness (QED) is 0.860. The largest absolute Gasteiger partial charge is 0.491 e. The summed E-state index contributed by atoms with van der Waals surface area (Å²) in [6, 6.07) is 9.97. The van der Waals surface area contributed by atoms with E-state index in [1.54, 1.807) is 0 Å². The van der Waals surface area contributed by atoms with Gasteiger partial charge in [0.15, 0.2) is 0 Å².